The first-order valence-corrected chi connectivity index (χ1v) is 6.84. The molecular formula is C15H25ClN2O3. The standard InChI is InChI=1S/C15H24N2O3.ClH/c1-12(16)3-8-15(18)17-11-13-4-6-14(7-5-13)20-10-9-19-2;/h4-7,12H,3,8-11,16H2,1-2H3,(H,17,18);1H. The van der Waals surface area contributed by atoms with Crippen molar-refractivity contribution in [3.05, 3.63) is 29.8 Å². The van der Waals surface area contributed by atoms with E-state index in [-0.39, 0.29) is 24.4 Å². The van der Waals surface area contributed by atoms with E-state index in [1.807, 2.05) is 31.2 Å². The highest BCUT2D eigenvalue weighted by atomic mass is 35.5. The number of rotatable bonds is 9. The number of nitrogens with one attached hydrogen (secondary N) is 1. The number of methoxy groups -OCH3 is 1. The third-order valence-corrected chi connectivity index (χ3v) is 2.80. The molecule has 1 aromatic rings. The van der Waals surface area contributed by atoms with Crippen LogP contribution in [-0.2, 0) is 16.1 Å². The monoisotopic (exact) mass is 316 g/mol. The Labute approximate surface area is 132 Å². The molecule has 0 saturated carbocycles. The minimum Gasteiger partial charge on any atom is -0.491 e. The summed E-state index contributed by atoms with van der Waals surface area (Å²) in [5.74, 6) is 0.830. The van der Waals surface area contributed by atoms with Crippen LogP contribution in [0.3, 0.4) is 0 Å². The highest BCUT2D eigenvalue weighted by molar-refractivity contribution is 5.85. The zero-order valence-electron chi connectivity index (χ0n) is 12.6. The Kier molecular flexibility index (Phi) is 10.7. The van der Waals surface area contributed by atoms with Crippen molar-refractivity contribution < 1.29 is 14.3 Å². The lowest BCUT2D eigenvalue weighted by molar-refractivity contribution is -0.121. The van der Waals surface area contributed by atoms with Crippen LogP contribution >= 0.6 is 12.4 Å². The molecule has 0 bridgehead atoms. The van der Waals surface area contributed by atoms with Gasteiger partial charge in [0.05, 0.1) is 6.61 Å². The van der Waals surface area contributed by atoms with Gasteiger partial charge in [-0.15, -0.1) is 12.4 Å². The molecule has 1 atom stereocenters. The number of carbonyl (C=O) groups is 1. The van der Waals surface area contributed by atoms with Crippen LogP contribution in [0.25, 0.3) is 0 Å². The summed E-state index contributed by atoms with van der Waals surface area (Å²) < 4.78 is 10.4. The van der Waals surface area contributed by atoms with Gasteiger partial charge < -0.3 is 20.5 Å². The highest BCUT2D eigenvalue weighted by Crippen LogP contribution is 2.12. The van der Waals surface area contributed by atoms with Gasteiger partial charge in [0.25, 0.3) is 0 Å². The van der Waals surface area contributed by atoms with Gasteiger partial charge in [-0.3, -0.25) is 4.79 Å². The molecule has 5 nitrogen and oxygen atoms in total. The van der Waals surface area contributed by atoms with Gasteiger partial charge in [0.1, 0.15) is 12.4 Å². The van der Waals surface area contributed by atoms with Crippen molar-refractivity contribution in [2.45, 2.75) is 32.4 Å². The van der Waals surface area contributed by atoms with Gasteiger partial charge in [-0.2, -0.15) is 0 Å². The van der Waals surface area contributed by atoms with Crippen LogP contribution in [0.5, 0.6) is 5.75 Å². The molecule has 0 aliphatic rings. The van der Waals surface area contributed by atoms with Crippen LogP contribution in [0.15, 0.2) is 24.3 Å². The molecule has 0 fully saturated rings. The summed E-state index contributed by atoms with van der Waals surface area (Å²) in [7, 11) is 1.64. The Morgan fingerprint density at radius 3 is 2.52 bits per heavy atom. The largest absolute Gasteiger partial charge is 0.491 e. The molecule has 0 spiro atoms. The van der Waals surface area contributed by atoms with Crippen LogP contribution in [0.2, 0.25) is 0 Å². The number of halogens is 1. The van der Waals surface area contributed by atoms with E-state index in [4.69, 9.17) is 15.2 Å². The quantitative estimate of drug-likeness (QED) is 0.682. The Morgan fingerprint density at radius 1 is 1.29 bits per heavy atom. The smallest absolute Gasteiger partial charge is 0.220 e. The van der Waals surface area contributed by atoms with E-state index in [9.17, 15) is 4.79 Å². The summed E-state index contributed by atoms with van der Waals surface area (Å²) in [6, 6.07) is 7.71. The van der Waals surface area contributed by atoms with Crippen LogP contribution in [-0.4, -0.2) is 32.3 Å². The van der Waals surface area contributed by atoms with Crippen molar-refractivity contribution >= 4 is 18.3 Å². The van der Waals surface area contributed by atoms with Crippen LogP contribution < -0.4 is 15.8 Å². The normalized spacial score (nSPS) is 11.4. The van der Waals surface area contributed by atoms with Crippen LogP contribution in [0.1, 0.15) is 25.3 Å². The highest BCUT2D eigenvalue weighted by Gasteiger charge is 2.03. The molecule has 6 heteroatoms. The number of nitrogens with two attached hydrogens (primary N) is 1. The number of benzene rings is 1. The molecule has 1 aromatic carbocycles. The summed E-state index contributed by atoms with van der Waals surface area (Å²) in [6.45, 7) is 3.52. The molecule has 0 heterocycles. The van der Waals surface area contributed by atoms with Gasteiger partial charge in [0.2, 0.25) is 5.91 Å². The average Bonchev–Trinajstić information content (AvgIpc) is 2.44. The van der Waals surface area contributed by atoms with Crippen LogP contribution in [0, 0.1) is 0 Å². The molecule has 0 saturated heterocycles. The molecule has 1 unspecified atom stereocenters. The van der Waals surface area contributed by atoms with Gasteiger partial charge in [-0.05, 0) is 31.0 Å². The molecule has 3 N–H and O–H groups in total. The molecule has 0 aliphatic heterocycles. The average molecular weight is 317 g/mol. The second kappa shape index (κ2) is 11.4. The van der Waals surface area contributed by atoms with Gasteiger partial charge in [-0.25, -0.2) is 0 Å². The Bertz CT molecular complexity index is 396. The lowest BCUT2D eigenvalue weighted by Crippen LogP contribution is -2.25. The van der Waals surface area contributed by atoms with E-state index >= 15 is 0 Å². The van der Waals surface area contributed by atoms with E-state index in [0.717, 1.165) is 11.3 Å². The molecule has 1 rings (SSSR count). The topological polar surface area (TPSA) is 73.6 Å². The minimum absolute atomic E-state index is 0. The first-order chi connectivity index (χ1) is 9.61. The first kappa shape index (κ1) is 19.7. The molecule has 1 amide bonds. The summed E-state index contributed by atoms with van der Waals surface area (Å²) in [4.78, 5) is 11.6. The number of hydrogen-bond donors (Lipinski definition) is 2. The van der Waals surface area contributed by atoms with Gasteiger partial charge >= 0.3 is 0 Å². The number of amides is 1. The lowest BCUT2D eigenvalue weighted by Gasteiger charge is -2.08. The van der Waals surface area contributed by atoms with Crippen molar-refractivity contribution in [1.29, 1.82) is 0 Å². The lowest BCUT2D eigenvalue weighted by atomic mass is 10.2. The molecule has 21 heavy (non-hydrogen) atoms. The summed E-state index contributed by atoms with van der Waals surface area (Å²) in [6.07, 6.45) is 1.17. The van der Waals surface area contributed by atoms with E-state index in [1.54, 1.807) is 7.11 Å². The van der Waals surface area contributed by atoms with Crippen molar-refractivity contribution in [2.75, 3.05) is 20.3 Å². The molecule has 0 aliphatic carbocycles. The Balaban J connectivity index is 0.00000400. The Hall–Kier alpha value is -1.30. The van der Waals surface area contributed by atoms with Gasteiger partial charge in [0, 0.05) is 26.1 Å². The predicted molar refractivity (Wildman–Crippen MR) is 85.8 cm³/mol. The molecule has 120 valence electrons. The van der Waals surface area contributed by atoms with E-state index in [0.29, 0.717) is 32.6 Å². The molecule has 0 radical (unpaired) electrons. The number of carbonyl (C=O) groups excluding carboxylic acids is 1. The van der Waals surface area contributed by atoms with Gasteiger partial charge in [-0.1, -0.05) is 12.1 Å². The predicted octanol–water partition coefficient (Wildman–Crippen LogP) is 1.88. The fourth-order valence-corrected chi connectivity index (χ4v) is 1.59. The fourth-order valence-electron chi connectivity index (χ4n) is 1.59. The van der Waals surface area contributed by atoms with E-state index < -0.39 is 0 Å². The maximum atomic E-state index is 11.6. The summed E-state index contributed by atoms with van der Waals surface area (Å²) in [5, 5.41) is 2.87. The van der Waals surface area contributed by atoms with Gasteiger partial charge in [0.15, 0.2) is 0 Å². The second-order valence-corrected chi connectivity index (χ2v) is 4.78. The summed E-state index contributed by atoms with van der Waals surface area (Å²) in [5.41, 5.74) is 6.65. The number of ether oxygens (including phenoxy) is 2. The zero-order valence-corrected chi connectivity index (χ0v) is 13.4. The van der Waals surface area contributed by atoms with Crippen molar-refractivity contribution in [3.8, 4) is 5.75 Å². The van der Waals surface area contributed by atoms with Crippen molar-refractivity contribution in [1.82, 2.24) is 5.32 Å². The molecular weight excluding hydrogens is 292 g/mol. The molecule has 0 aromatic heterocycles. The zero-order chi connectivity index (χ0) is 14.8. The van der Waals surface area contributed by atoms with Crippen molar-refractivity contribution in [2.24, 2.45) is 5.73 Å². The third-order valence-electron chi connectivity index (χ3n) is 2.80. The Morgan fingerprint density at radius 2 is 1.95 bits per heavy atom. The van der Waals surface area contributed by atoms with E-state index in [2.05, 4.69) is 5.32 Å². The fraction of sp³-hybridized carbons (Fsp3) is 0.533. The SMILES string of the molecule is COCCOc1ccc(CNC(=O)CCC(C)N)cc1.Cl. The minimum atomic E-state index is 0. The second-order valence-electron chi connectivity index (χ2n) is 4.78. The van der Waals surface area contributed by atoms with Crippen molar-refractivity contribution in [3.63, 3.8) is 0 Å². The maximum absolute atomic E-state index is 11.6. The van der Waals surface area contributed by atoms with E-state index in [1.165, 1.54) is 0 Å². The first-order valence-electron chi connectivity index (χ1n) is 6.84. The maximum Gasteiger partial charge on any atom is 0.220 e. The summed E-state index contributed by atoms with van der Waals surface area (Å²) >= 11 is 0. The van der Waals surface area contributed by atoms with Crippen LogP contribution in [0.4, 0.5) is 0 Å². The third kappa shape index (κ3) is 9.28. The number of hydrogen-bond acceptors (Lipinski definition) is 4.